The normalized spacial score (nSPS) is 16.7. The van der Waals surface area contributed by atoms with Crippen molar-refractivity contribution < 1.29 is 5.11 Å². The third-order valence-electron chi connectivity index (χ3n) is 3.77. The number of unbranched alkanes of at least 4 members (excludes halogenated alkanes) is 1. The number of phenols is 1. The standard InChI is InChI=1S/C15H23BrN2O.2ClH/c1-2-3-4-14(18-9-7-17-8-10-18)13-6-5-12(16)11-15(13)19;;/h5-6,11,14,17,19H,2-4,7-10H2,1H3;2*1H/t14-;;/m0../s1. The first kappa shape index (κ1) is 21.0. The molecule has 1 saturated heterocycles. The summed E-state index contributed by atoms with van der Waals surface area (Å²) < 4.78 is 0.934. The molecule has 0 aromatic heterocycles. The number of benzene rings is 1. The van der Waals surface area contributed by atoms with Crippen LogP contribution in [0.4, 0.5) is 0 Å². The van der Waals surface area contributed by atoms with Crippen LogP contribution in [0.3, 0.4) is 0 Å². The maximum atomic E-state index is 10.2. The first-order valence-corrected chi connectivity index (χ1v) is 7.95. The number of aromatic hydroxyl groups is 1. The molecule has 0 saturated carbocycles. The fraction of sp³-hybridized carbons (Fsp3) is 0.600. The molecule has 0 unspecified atom stereocenters. The summed E-state index contributed by atoms with van der Waals surface area (Å²) in [5, 5.41) is 13.6. The van der Waals surface area contributed by atoms with Crippen LogP contribution in [-0.2, 0) is 0 Å². The number of hydrogen-bond donors (Lipinski definition) is 2. The lowest BCUT2D eigenvalue weighted by atomic mass is 9.98. The Hall–Kier alpha value is -0.000000000000000111. The van der Waals surface area contributed by atoms with Crippen molar-refractivity contribution in [1.29, 1.82) is 0 Å². The van der Waals surface area contributed by atoms with Crippen LogP contribution in [0.25, 0.3) is 0 Å². The van der Waals surface area contributed by atoms with E-state index in [9.17, 15) is 5.11 Å². The minimum atomic E-state index is 0. The molecule has 0 bridgehead atoms. The van der Waals surface area contributed by atoms with Gasteiger partial charge in [-0.05, 0) is 18.6 Å². The van der Waals surface area contributed by atoms with Gasteiger partial charge >= 0.3 is 0 Å². The highest BCUT2D eigenvalue weighted by molar-refractivity contribution is 9.10. The van der Waals surface area contributed by atoms with Crippen molar-refractivity contribution >= 4 is 40.7 Å². The molecule has 1 aromatic rings. The molecule has 3 nitrogen and oxygen atoms in total. The van der Waals surface area contributed by atoms with Crippen LogP contribution in [0.15, 0.2) is 22.7 Å². The summed E-state index contributed by atoms with van der Waals surface area (Å²) in [6.07, 6.45) is 3.51. The molecule has 0 spiro atoms. The van der Waals surface area contributed by atoms with Crippen molar-refractivity contribution in [2.24, 2.45) is 0 Å². The van der Waals surface area contributed by atoms with Crippen LogP contribution < -0.4 is 5.32 Å². The fourth-order valence-corrected chi connectivity index (χ4v) is 3.07. The molecule has 1 aliphatic rings. The van der Waals surface area contributed by atoms with Crippen molar-refractivity contribution in [3.8, 4) is 5.75 Å². The zero-order chi connectivity index (χ0) is 13.7. The van der Waals surface area contributed by atoms with Gasteiger partial charge in [0.05, 0.1) is 0 Å². The van der Waals surface area contributed by atoms with E-state index in [0.717, 1.165) is 42.6 Å². The van der Waals surface area contributed by atoms with Crippen molar-refractivity contribution in [3.05, 3.63) is 28.2 Å². The third-order valence-corrected chi connectivity index (χ3v) is 4.27. The maximum absolute atomic E-state index is 10.2. The molecule has 1 fully saturated rings. The number of nitrogens with zero attached hydrogens (tertiary/aromatic N) is 1. The van der Waals surface area contributed by atoms with E-state index in [4.69, 9.17) is 0 Å². The van der Waals surface area contributed by atoms with Gasteiger partial charge in [0, 0.05) is 42.3 Å². The van der Waals surface area contributed by atoms with Gasteiger partial charge in [-0.25, -0.2) is 0 Å². The Morgan fingerprint density at radius 2 is 1.95 bits per heavy atom. The molecule has 0 amide bonds. The zero-order valence-electron chi connectivity index (χ0n) is 12.3. The van der Waals surface area contributed by atoms with E-state index < -0.39 is 0 Å². The maximum Gasteiger partial charge on any atom is 0.121 e. The Kier molecular flexibility index (Phi) is 10.7. The Balaban J connectivity index is 0.00000200. The van der Waals surface area contributed by atoms with Crippen LogP contribution in [0.1, 0.15) is 37.8 Å². The molecule has 0 radical (unpaired) electrons. The minimum absolute atomic E-state index is 0. The van der Waals surface area contributed by atoms with Crippen molar-refractivity contribution in [2.45, 2.75) is 32.2 Å². The number of piperazine rings is 1. The van der Waals surface area contributed by atoms with E-state index in [-0.39, 0.29) is 24.8 Å². The minimum Gasteiger partial charge on any atom is -0.508 e. The average Bonchev–Trinajstić information content (AvgIpc) is 2.42. The van der Waals surface area contributed by atoms with Crippen LogP contribution in [-0.4, -0.2) is 36.2 Å². The highest BCUT2D eigenvalue weighted by Crippen LogP contribution is 2.34. The van der Waals surface area contributed by atoms with Crippen molar-refractivity contribution in [1.82, 2.24) is 10.2 Å². The van der Waals surface area contributed by atoms with E-state index in [0.29, 0.717) is 11.8 Å². The molecule has 6 heteroatoms. The number of hydrogen-bond acceptors (Lipinski definition) is 3. The van der Waals surface area contributed by atoms with E-state index in [2.05, 4.69) is 39.1 Å². The molecule has 1 aliphatic heterocycles. The predicted octanol–water partition coefficient (Wildman–Crippen LogP) is 4.13. The number of halogens is 3. The first-order chi connectivity index (χ1) is 9.22. The van der Waals surface area contributed by atoms with Crippen LogP contribution in [0, 0.1) is 0 Å². The Bertz CT molecular complexity index is 415. The van der Waals surface area contributed by atoms with E-state index in [1.165, 1.54) is 12.8 Å². The summed E-state index contributed by atoms with van der Waals surface area (Å²) in [6, 6.07) is 6.23. The summed E-state index contributed by atoms with van der Waals surface area (Å²) >= 11 is 3.41. The van der Waals surface area contributed by atoms with E-state index >= 15 is 0 Å². The quantitative estimate of drug-likeness (QED) is 0.780. The summed E-state index contributed by atoms with van der Waals surface area (Å²) in [6.45, 7) is 6.42. The molecular weight excluding hydrogens is 375 g/mol. The van der Waals surface area contributed by atoms with Crippen molar-refractivity contribution in [2.75, 3.05) is 26.2 Å². The molecule has 1 heterocycles. The second-order valence-electron chi connectivity index (χ2n) is 5.15. The van der Waals surface area contributed by atoms with Gasteiger partial charge < -0.3 is 10.4 Å². The topological polar surface area (TPSA) is 35.5 Å². The molecule has 1 atom stereocenters. The van der Waals surface area contributed by atoms with Gasteiger partial charge in [-0.3, -0.25) is 4.90 Å². The second kappa shape index (κ2) is 10.7. The smallest absolute Gasteiger partial charge is 0.121 e. The average molecular weight is 400 g/mol. The lowest BCUT2D eigenvalue weighted by Crippen LogP contribution is -2.45. The highest BCUT2D eigenvalue weighted by Gasteiger charge is 2.23. The van der Waals surface area contributed by atoms with Gasteiger partial charge in [0.1, 0.15) is 5.75 Å². The van der Waals surface area contributed by atoms with Gasteiger partial charge in [0.2, 0.25) is 0 Å². The SMILES string of the molecule is CCCC[C@@H](c1ccc(Br)cc1O)N1CCNCC1.Cl.Cl. The molecule has 0 aliphatic carbocycles. The Morgan fingerprint density at radius 1 is 1.29 bits per heavy atom. The van der Waals surface area contributed by atoms with Gasteiger partial charge in [0.15, 0.2) is 0 Å². The predicted molar refractivity (Wildman–Crippen MR) is 97.0 cm³/mol. The lowest BCUT2D eigenvalue weighted by Gasteiger charge is -2.35. The zero-order valence-corrected chi connectivity index (χ0v) is 15.6. The molecular formula is C15H25BrCl2N2O. The second-order valence-corrected chi connectivity index (χ2v) is 6.06. The lowest BCUT2D eigenvalue weighted by molar-refractivity contribution is 0.160. The molecule has 2 rings (SSSR count). The first-order valence-electron chi connectivity index (χ1n) is 7.15. The summed E-state index contributed by atoms with van der Waals surface area (Å²) in [5.74, 6) is 0.411. The number of phenolic OH excluding ortho intramolecular Hbond substituents is 1. The summed E-state index contributed by atoms with van der Waals surface area (Å²) in [4.78, 5) is 2.50. The van der Waals surface area contributed by atoms with Gasteiger partial charge in [0.25, 0.3) is 0 Å². The summed E-state index contributed by atoms with van der Waals surface area (Å²) in [7, 11) is 0. The third kappa shape index (κ3) is 5.95. The van der Waals surface area contributed by atoms with Gasteiger partial charge in [-0.1, -0.05) is 41.8 Å². The molecule has 2 N–H and O–H groups in total. The van der Waals surface area contributed by atoms with E-state index in [1.54, 1.807) is 6.07 Å². The monoisotopic (exact) mass is 398 g/mol. The van der Waals surface area contributed by atoms with Gasteiger partial charge in [-0.2, -0.15) is 0 Å². The number of rotatable bonds is 5. The number of nitrogens with one attached hydrogen (secondary N) is 1. The molecule has 122 valence electrons. The highest BCUT2D eigenvalue weighted by atomic mass is 79.9. The van der Waals surface area contributed by atoms with Crippen LogP contribution in [0.2, 0.25) is 0 Å². The van der Waals surface area contributed by atoms with E-state index in [1.807, 2.05) is 6.07 Å². The largest absolute Gasteiger partial charge is 0.508 e. The van der Waals surface area contributed by atoms with Gasteiger partial charge in [-0.15, -0.1) is 24.8 Å². The van der Waals surface area contributed by atoms with Crippen molar-refractivity contribution in [3.63, 3.8) is 0 Å². The van der Waals surface area contributed by atoms with Crippen LogP contribution in [0.5, 0.6) is 5.75 Å². The van der Waals surface area contributed by atoms with Crippen LogP contribution >= 0.6 is 40.7 Å². The molecule has 21 heavy (non-hydrogen) atoms. The molecule has 1 aromatic carbocycles. The Labute approximate surface area is 148 Å². The Morgan fingerprint density at radius 3 is 2.52 bits per heavy atom. The summed E-state index contributed by atoms with van der Waals surface area (Å²) in [5.41, 5.74) is 1.07. The fourth-order valence-electron chi connectivity index (χ4n) is 2.72.